The molecule has 1 aliphatic heterocycles. The van der Waals surface area contributed by atoms with Gasteiger partial charge >= 0.3 is 0 Å². The Morgan fingerprint density at radius 2 is 2.11 bits per heavy atom. The van der Waals surface area contributed by atoms with Crippen molar-refractivity contribution in [3.8, 4) is 0 Å². The standard InChI is InChI=1S/C16H22O2/c1-3-16(2)12-14(9-10-18-16)15(17)11-13-7-5-4-6-8-13/h4-8,14H,3,9-12H2,1-2H3/t14-,16+/m0/s1. The van der Waals surface area contributed by atoms with Gasteiger partial charge in [-0.05, 0) is 31.7 Å². The van der Waals surface area contributed by atoms with Gasteiger partial charge in [-0.1, -0.05) is 37.3 Å². The molecule has 1 fully saturated rings. The number of carbonyl (C=O) groups is 1. The second-order valence-electron chi connectivity index (χ2n) is 5.47. The van der Waals surface area contributed by atoms with Crippen LogP contribution in [0.3, 0.4) is 0 Å². The largest absolute Gasteiger partial charge is 0.375 e. The van der Waals surface area contributed by atoms with Gasteiger partial charge in [-0.15, -0.1) is 0 Å². The predicted molar refractivity (Wildman–Crippen MR) is 72.5 cm³/mol. The summed E-state index contributed by atoms with van der Waals surface area (Å²) >= 11 is 0. The van der Waals surface area contributed by atoms with E-state index in [1.165, 1.54) is 0 Å². The van der Waals surface area contributed by atoms with Gasteiger partial charge in [0.2, 0.25) is 0 Å². The molecule has 0 spiro atoms. The lowest BCUT2D eigenvalue weighted by molar-refractivity contribution is -0.134. The van der Waals surface area contributed by atoms with Gasteiger partial charge in [0.05, 0.1) is 5.60 Å². The van der Waals surface area contributed by atoms with Gasteiger partial charge in [-0.2, -0.15) is 0 Å². The Hall–Kier alpha value is -1.15. The molecule has 0 aliphatic carbocycles. The fraction of sp³-hybridized carbons (Fsp3) is 0.562. The van der Waals surface area contributed by atoms with Crippen LogP contribution in [0.4, 0.5) is 0 Å². The van der Waals surface area contributed by atoms with E-state index in [1.54, 1.807) is 0 Å². The van der Waals surface area contributed by atoms with Gasteiger partial charge in [-0.3, -0.25) is 4.79 Å². The number of hydrogen-bond acceptors (Lipinski definition) is 2. The van der Waals surface area contributed by atoms with E-state index in [2.05, 4.69) is 13.8 Å². The maximum absolute atomic E-state index is 12.3. The summed E-state index contributed by atoms with van der Waals surface area (Å²) in [4.78, 5) is 12.3. The molecule has 18 heavy (non-hydrogen) atoms. The molecule has 0 N–H and O–H groups in total. The van der Waals surface area contributed by atoms with E-state index >= 15 is 0 Å². The molecule has 0 aromatic heterocycles. The molecule has 2 atom stereocenters. The summed E-state index contributed by atoms with van der Waals surface area (Å²) in [5.74, 6) is 0.535. The zero-order valence-electron chi connectivity index (χ0n) is 11.3. The van der Waals surface area contributed by atoms with Crippen LogP contribution in [-0.4, -0.2) is 18.0 Å². The van der Waals surface area contributed by atoms with E-state index in [-0.39, 0.29) is 11.5 Å². The maximum Gasteiger partial charge on any atom is 0.140 e. The van der Waals surface area contributed by atoms with Crippen molar-refractivity contribution < 1.29 is 9.53 Å². The number of ketones is 1. The molecule has 98 valence electrons. The fourth-order valence-electron chi connectivity index (χ4n) is 2.59. The first-order valence-electron chi connectivity index (χ1n) is 6.83. The summed E-state index contributed by atoms with van der Waals surface area (Å²) in [6, 6.07) is 10.0. The Labute approximate surface area is 109 Å². The van der Waals surface area contributed by atoms with Gasteiger partial charge < -0.3 is 4.74 Å². The van der Waals surface area contributed by atoms with Gasteiger partial charge in [0.15, 0.2) is 0 Å². The van der Waals surface area contributed by atoms with E-state index in [4.69, 9.17) is 4.74 Å². The van der Waals surface area contributed by atoms with E-state index in [9.17, 15) is 4.79 Å². The summed E-state index contributed by atoms with van der Waals surface area (Å²) in [6.45, 7) is 4.97. The molecule has 0 bridgehead atoms. The number of rotatable bonds is 4. The predicted octanol–water partition coefficient (Wildman–Crippen LogP) is 3.39. The molecule has 2 heteroatoms. The highest BCUT2D eigenvalue weighted by Gasteiger charge is 2.34. The maximum atomic E-state index is 12.3. The van der Waals surface area contributed by atoms with Crippen molar-refractivity contribution in [3.05, 3.63) is 35.9 Å². The van der Waals surface area contributed by atoms with Gasteiger partial charge in [0.1, 0.15) is 5.78 Å². The minimum absolute atomic E-state index is 0.102. The molecule has 0 unspecified atom stereocenters. The Bertz CT molecular complexity index is 399. The highest BCUT2D eigenvalue weighted by molar-refractivity contribution is 5.83. The number of benzene rings is 1. The monoisotopic (exact) mass is 246 g/mol. The van der Waals surface area contributed by atoms with Crippen molar-refractivity contribution in [1.82, 2.24) is 0 Å². The molecule has 0 amide bonds. The van der Waals surface area contributed by atoms with Crippen molar-refractivity contribution in [2.45, 2.75) is 45.1 Å². The Morgan fingerprint density at radius 1 is 1.39 bits per heavy atom. The highest BCUT2D eigenvalue weighted by atomic mass is 16.5. The van der Waals surface area contributed by atoms with Gasteiger partial charge in [-0.25, -0.2) is 0 Å². The average molecular weight is 246 g/mol. The zero-order chi connectivity index (χ0) is 13.0. The fourth-order valence-corrected chi connectivity index (χ4v) is 2.59. The normalized spacial score (nSPS) is 28.0. The second-order valence-corrected chi connectivity index (χ2v) is 5.47. The molecule has 1 saturated heterocycles. The van der Waals surface area contributed by atoms with E-state index < -0.39 is 0 Å². The number of hydrogen-bond donors (Lipinski definition) is 0. The Kier molecular flexibility index (Phi) is 4.18. The first-order chi connectivity index (χ1) is 8.63. The zero-order valence-corrected chi connectivity index (χ0v) is 11.3. The van der Waals surface area contributed by atoms with Crippen LogP contribution in [0.1, 0.15) is 38.7 Å². The third-order valence-corrected chi connectivity index (χ3v) is 4.02. The smallest absolute Gasteiger partial charge is 0.140 e. The van der Waals surface area contributed by atoms with Crippen LogP contribution < -0.4 is 0 Å². The lowest BCUT2D eigenvalue weighted by atomic mass is 9.81. The van der Waals surface area contributed by atoms with Crippen molar-refractivity contribution in [1.29, 1.82) is 0 Å². The van der Waals surface area contributed by atoms with Crippen molar-refractivity contribution in [3.63, 3.8) is 0 Å². The van der Waals surface area contributed by atoms with Crippen LogP contribution in [0.5, 0.6) is 0 Å². The SMILES string of the molecule is CC[C@]1(C)C[C@@H](C(=O)Cc2ccccc2)CCO1. The third kappa shape index (κ3) is 3.20. The van der Waals surface area contributed by atoms with Crippen LogP contribution in [0.25, 0.3) is 0 Å². The quantitative estimate of drug-likeness (QED) is 0.814. The molecule has 1 aromatic carbocycles. The number of ether oxygens (including phenoxy) is 1. The lowest BCUT2D eigenvalue weighted by Crippen LogP contribution is -2.39. The summed E-state index contributed by atoms with van der Waals surface area (Å²) in [5.41, 5.74) is 1.02. The molecule has 2 nitrogen and oxygen atoms in total. The average Bonchev–Trinajstić information content (AvgIpc) is 2.40. The summed E-state index contributed by atoms with van der Waals surface area (Å²) in [7, 11) is 0. The summed E-state index contributed by atoms with van der Waals surface area (Å²) in [5, 5.41) is 0. The van der Waals surface area contributed by atoms with Crippen molar-refractivity contribution in [2.24, 2.45) is 5.92 Å². The molecule has 0 radical (unpaired) electrons. The van der Waals surface area contributed by atoms with Crippen LogP contribution in [0, 0.1) is 5.92 Å². The molecule has 1 aliphatic rings. The van der Waals surface area contributed by atoms with Crippen molar-refractivity contribution >= 4 is 5.78 Å². The second kappa shape index (κ2) is 5.66. The minimum Gasteiger partial charge on any atom is -0.375 e. The van der Waals surface area contributed by atoms with Crippen LogP contribution in [0.15, 0.2) is 30.3 Å². The number of Topliss-reactive ketones (excluding diaryl/α,β-unsaturated/α-hetero) is 1. The molecule has 2 rings (SSSR count). The minimum atomic E-state index is -0.102. The summed E-state index contributed by atoms with van der Waals surface area (Å²) in [6.07, 6.45) is 3.28. The molecule has 0 saturated carbocycles. The molecular weight excluding hydrogens is 224 g/mol. The topological polar surface area (TPSA) is 26.3 Å². The van der Waals surface area contributed by atoms with Crippen LogP contribution in [-0.2, 0) is 16.0 Å². The summed E-state index contributed by atoms with van der Waals surface area (Å²) < 4.78 is 5.79. The third-order valence-electron chi connectivity index (χ3n) is 4.02. The lowest BCUT2D eigenvalue weighted by Gasteiger charge is -2.37. The van der Waals surface area contributed by atoms with E-state index in [0.717, 1.165) is 31.4 Å². The van der Waals surface area contributed by atoms with Crippen LogP contribution >= 0.6 is 0 Å². The van der Waals surface area contributed by atoms with Crippen molar-refractivity contribution in [2.75, 3.05) is 6.61 Å². The van der Waals surface area contributed by atoms with E-state index in [1.807, 2.05) is 30.3 Å². The molecule has 1 heterocycles. The first-order valence-corrected chi connectivity index (χ1v) is 6.83. The Balaban J connectivity index is 1.97. The highest BCUT2D eigenvalue weighted by Crippen LogP contribution is 2.32. The molecule has 1 aromatic rings. The number of carbonyl (C=O) groups excluding carboxylic acids is 1. The Morgan fingerprint density at radius 3 is 2.78 bits per heavy atom. The van der Waals surface area contributed by atoms with Gasteiger partial charge in [0, 0.05) is 18.9 Å². The van der Waals surface area contributed by atoms with E-state index in [0.29, 0.717) is 12.2 Å². The first kappa shape index (κ1) is 13.3. The molecular formula is C16H22O2. The van der Waals surface area contributed by atoms with Gasteiger partial charge in [0.25, 0.3) is 0 Å². The van der Waals surface area contributed by atoms with Crippen LogP contribution in [0.2, 0.25) is 0 Å².